The lowest BCUT2D eigenvalue weighted by Gasteiger charge is -2.06. The fourth-order valence-electron chi connectivity index (χ4n) is 1.79. The number of hydrogen-bond donors (Lipinski definition) is 2. The molecule has 0 saturated heterocycles. The zero-order chi connectivity index (χ0) is 10.3. The molecular formula is C9H12N2O2S. The summed E-state index contributed by atoms with van der Waals surface area (Å²) in [5.74, 6) is 0. The third-order valence-corrected chi connectivity index (χ3v) is 3.48. The normalized spacial score (nSPS) is 20.9. The second-order valence-corrected chi connectivity index (χ2v) is 5.11. The molecule has 76 valence electrons. The number of aryl methyl sites for hydroxylation is 1. The predicted octanol–water partition coefficient (Wildman–Crippen LogP) is 0.280. The van der Waals surface area contributed by atoms with Gasteiger partial charge in [-0.1, -0.05) is 6.07 Å². The summed E-state index contributed by atoms with van der Waals surface area (Å²) in [6.07, 6.45) is 1.80. The summed E-state index contributed by atoms with van der Waals surface area (Å²) in [5.41, 5.74) is 7.87. The van der Waals surface area contributed by atoms with E-state index in [1.807, 2.05) is 0 Å². The zero-order valence-electron chi connectivity index (χ0n) is 7.60. The molecule has 1 aliphatic carbocycles. The summed E-state index contributed by atoms with van der Waals surface area (Å²) < 4.78 is 22.2. The van der Waals surface area contributed by atoms with Gasteiger partial charge in [-0.3, -0.25) is 0 Å². The first-order chi connectivity index (χ1) is 6.48. The van der Waals surface area contributed by atoms with Crippen molar-refractivity contribution in [1.29, 1.82) is 0 Å². The van der Waals surface area contributed by atoms with Crippen molar-refractivity contribution in [3.8, 4) is 0 Å². The molecule has 1 aromatic carbocycles. The third kappa shape index (κ3) is 1.54. The van der Waals surface area contributed by atoms with Crippen LogP contribution in [-0.2, 0) is 16.4 Å². The van der Waals surface area contributed by atoms with E-state index in [0.29, 0.717) is 0 Å². The highest BCUT2D eigenvalue weighted by Crippen LogP contribution is 2.30. The molecule has 2 rings (SSSR count). The Labute approximate surface area is 83.0 Å². The van der Waals surface area contributed by atoms with Crippen LogP contribution >= 0.6 is 0 Å². The van der Waals surface area contributed by atoms with E-state index < -0.39 is 10.0 Å². The van der Waals surface area contributed by atoms with Gasteiger partial charge in [0.2, 0.25) is 10.0 Å². The van der Waals surface area contributed by atoms with Gasteiger partial charge in [0.25, 0.3) is 0 Å². The van der Waals surface area contributed by atoms with Crippen molar-refractivity contribution in [2.24, 2.45) is 10.9 Å². The van der Waals surface area contributed by atoms with E-state index >= 15 is 0 Å². The summed E-state index contributed by atoms with van der Waals surface area (Å²) in [5, 5.41) is 5.03. The first kappa shape index (κ1) is 9.64. The molecule has 0 fully saturated rings. The second-order valence-electron chi connectivity index (χ2n) is 3.55. The van der Waals surface area contributed by atoms with Crippen molar-refractivity contribution in [1.82, 2.24) is 0 Å². The highest BCUT2D eigenvalue weighted by atomic mass is 32.2. The third-order valence-electron chi connectivity index (χ3n) is 2.57. The molecule has 14 heavy (non-hydrogen) atoms. The molecular weight excluding hydrogens is 200 g/mol. The van der Waals surface area contributed by atoms with Crippen LogP contribution < -0.4 is 10.9 Å². The van der Waals surface area contributed by atoms with Gasteiger partial charge in [0, 0.05) is 6.04 Å². The Morgan fingerprint density at radius 2 is 2.07 bits per heavy atom. The Balaban J connectivity index is 2.56. The van der Waals surface area contributed by atoms with E-state index in [1.54, 1.807) is 12.1 Å². The number of sulfonamides is 1. The van der Waals surface area contributed by atoms with Gasteiger partial charge >= 0.3 is 0 Å². The molecule has 0 aromatic heterocycles. The molecule has 1 aliphatic rings. The number of fused-ring (bicyclic) bond motifs is 1. The molecule has 5 heteroatoms. The van der Waals surface area contributed by atoms with Crippen LogP contribution in [0.1, 0.15) is 23.6 Å². The van der Waals surface area contributed by atoms with Crippen molar-refractivity contribution in [2.45, 2.75) is 23.8 Å². The van der Waals surface area contributed by atoms with Crippen LogP contribution in [0.5, 0.6) is 0 Å². The Kier molecular flexibility index (Phi) is 2.10. The zero-order valence-corrected chi connectivity index (χ0v) is 8.42. The lowest BCUT2D eigenvalue weighted by molar-refractivity contribution is 0.597. The lowest BCUT2D eigenvalue weighted by Crippen LogP contribution is -2.13. The minimum Gasteiger partial charge on any atom is -0.324 e. The molecule has 0 saturated carbocycles. The van der Waals surface area contributed by atoms with Gasteiger partial charge in [0.15, 0.2) is 0 Å². The average molecular weight is 212 g/mol. The maximum atomic E-state index is 11.1. The van der Waals surface area contributed by atoms with Crippen molar-refractivity contribution < 1.29 is 8.42 Å². The van der Waals surface area contributed by atoms with Crippen LogP contribution in [0.2, 0.25) is 0 Å². The minimum atomic E-state index is -3.60. The SMILES string of the molecule is NC1CCc2ccc(S(N)(=O)=O)cc21. The summed E-state index contributed by atoms with van der Waals surface area (Å²) >= 11 is 0. The van der Waals surface area contributed by atoms with E-state index in [4.69, 9.17) is 10.9 Å². The molecule has 0 aliphatic heterocycles. The Morgan fingerprint density at radius 3 is 2.71 bits per heavy atom. The fraction of sp³-hybridized carbons (Fsp3) is 0.333. The van der Waals surface area contributed by atoms with Gasteiger partial charge < -0.3 is 5.73 Å². The summed E-state index contributed by atoms with van der Waals surface area (Å²) in [7, 11) is -3.60. The van der Waals surface area contributed by atoms with Gasteiger partial charge in [-0.05, 0) is 36.1 Å². The molecule has 0 spiro atoms. The van der Waals surface area contributed by atoms with Gasteiger partial charge in [-0.2, -0.15) is 0 Å². The molecule has 4 nitrogen and oxygen atoms in total. The van der Waals surface area contributed by atoms with Crippen LogP contribution in [0, 0.1) is 0 Å². The van der Waals surface area contributed by atoms with Crippen LogP contribution in [0.25, 0.3) is 0 Å². The first-order valence-corrected chi connectivity index (χ1v) is 5.94. The van der Waals surface area contributed by atoms with E-state index in [1.165, 1.54) is 6.07 Å². The van der Waals surface area contributed by atoms with Crippen molar-refractivity contribution in [3.63, 3.8) is 0 Å². The molecule has 0 bridgehead atoms. The van der Waals surface area contributed by atoms with Crippen LogP contribution in [0.3, 0.4) is 0 Å². The number of nitrogens with two attached hydrogens (primary N) is 2. The molecule has 1 atom stereocenters. The van der Waals surface area contributed by atoms with Gasteiger partial charge in [-0.25, -0.2) is 13.6 Å². The maximum Gasteiger partial charge on any atom is 0.238 e. The molecule has 0 heterocycles. The first-order valence-electron chi connectivity index (χ1n) is 4.40. The number of hydrogen-bond acceptors (Lipinski definition) is 3. The van der Waals surface area contributed by atoms with Crippen molar-refractivity contribution in [2.75, 3.05) is 0 Å². The van der Waals surface area contributed by atoms with E-state index in [2.05, 4.69) is 0 Å². The van der Waals surface area contributed by atoms with E-state index in [0.717, 1.165) is 24.0 Å². The van der Waals surface area contributed by atoms with Crippen LogP contribution in [-0.4, -0.2) is 8.42 Å². The van der Waals surface area contributed by atoms with Gasteiger partial charge in [0.05, 0.1) is 4.90 Å². The highest BCUT2D eigenvalue weighted by Gasteiger charge is 2.20. The number of rotatable bonds is 1. The quantitative estimate of drug-likeness (QED) is 0.701. The van der Waals surface area contributed by atoms with Gasteiger partial charge in [0.1, 0.15) is 0 Å². The second kappa shape index (κ2) is 3.05. The highest BCUT2D eigenvalue weighted by molar-refractivity contribution is 7.89. The lowest BCUT2D eigenvalue weighted by atomic mass is 10.1. The largest absolute Gasteiger partial charge is 0.324 e. The molecule has 0 radical (unpaired) electrons. The predicted molar refractivity (Wildman–Crippen MR) is 53.1 cm³/mol. The molecule has 1 unspecified atom stereocenters. The monoisotopic (exact) mass is 212 g/mol. The Bertz CT molecular complexity index is 468. The minimum absolute atomic E-state index is 0.0494. The van der Waals surface area contributed by atoms with E-state index in [-0.39, 0.29) is 10.9 Å². The fourth-order valence-corrected chi connectivity index (χ4v) is 2.34. The molecule has 1 aromatic rings. The standard InChI is InChI=1S/C9H12N2O2S/c10-9-4-2-6-1-3-7(5-8(6)9)14(11,12)13/h1,3,5,9H,2,4,10H2,(H2,11,12,13). The van der Waals surface area contributed by atoms with Crippen LogP contribution in [0.15, 0.2) is 23.1 Å². The van der Waals surface area contributed by atoms with Gasteiger partial charge in [-0.15, -0.1) is 0 Å². The topological polar surface area (TPSA) is 86.2 Å². The number of primary sulfonamides is 1. The number of benzene rings is 1. The Morgan fingerprint density at radius 1 is 1.36 bits per heavy atom. The van der Waals surface area contributed by atoms with E-state index in [9.17, 15) is 8.42 Å². The van der Waals surface area contributed by atoms with Crippen molar-refractivity contribution in [3.05, 3.63) is 29.3 Å². The summed E-state index contributed by atoms with van der Waals surface area (Å²) in [4.78, 5) is 0.147. The average Bonchev–Trinajstić information content (AvgIpc) is 2.46. The Hall–Kier alpha value is -0.910. The van der Waals surface area contributed by atoms with Crippen molar-refractivity contribution >= 4 is 10.0 Å². The summed E-state index contributed by atoms with van der Waals surface area (Å²) in [6.45, 7) is 0. The molecule has 4 N–H and O–H groups in total. The molecule has 0 amide bonds. The smallest absolute Gasteiger partial charge is 0.238 e. The van der Waals surface area contributed by atoms with Crippen LogP contribution in [0.4, 0.5) is 0 Å². The maximum absolute atomic E-state index is 11.1. The summed E-state index contributed by atoms with van der Waals surface area (Å²) in [6, 6.07) is 4.86.